The van der Waals surface area contributed by atoms with Crippen molar-refractivity contribution in [1.82, 2.24) is 5.32 Å². The number of fused-ring (bicyclic) bond motifs is 1. The molecule has 98 valence electrons. The number of carbonyl (C=O) groups is 2. The van der Waals surface area contributed by atoms with Crippen LogP contribution in [0.5, 0.6) is 0 Å². The Bertz CT molecular complexity index is 457. The maximum absolute atomic E-state index is 12.1. The van der Waals surface area contributed by atoms with Crippen molar-refractivity contribution in [3.05, 3.63) is 21.9 Å². The molecule has 0 radical (unpaired) electrons. The van der Waals surface area contributed by atoms with Crippen LogP contribution >= 0.6 is 11.3 Å². The molecule has 0 spiro atoms. The number of hydrogen-bond donors (Lipinski definition) is 3. The van der Waals surface area contributed by atoms with Gasteiger partial charge in [-0.25, -0.2) is 4.79 Å². The first-order chi connectivity index (χ1) is 8.63. The lowest BCUT2D eigenvalue weighted by atomic mass is 9.87. The minimum atomic E-state index is -1.22. The highest BCUT2D eigenvalue weighted by Crippen LogP contribution is 2.34. The largest absolute Gasteiger partial charge is 0.480 e. The van der Waals surface area contributed by atoms with Crippen LogP contribution < -0.4 is 5.32 Å². The maximum Gasteiger partial charge on any atom is 0.328 e. The third kappa shape index (κ3) is 2.54. The van der Waals surface area contributed by atoms with E-state index in [1.807, 2.05) is 11.4 Å². The van der Waals surface area contributed by atoms with Crippen molar-refractivity contribution in [2.75, 3.05) is 6.61 Å². The topological polar surface area (TPSA) is 86.6 Å². The first-order valence-electron chi connectivity index (χ1n) is 5.83. The number of thiophene rings is 1. The standard InChI is InChI=1S/C12H15NO4S/c14-6-9(12(16)17)13-11(15)8-2-1-3-10-7(8)4-5-18-10/h4-5,8-9,14H,1-3,6H2,(H,13,15)(H,16,17). The molecular formula is C12H15NO4S. The van der Waals surface area contributed by atoms with Gasteiger partial charge in [-0.1, -0.05) is 0 Å². The third-order valence-corrected chi connectivity index (χ3v) is 4.16. The van der Waals surface area contributed by atoms with Gasteiger partial charge in [0.25, 0.3) is 0 Å². The maximum atomic E-state index is 12.1. The first-order valence-corrected chi connectivity index (χ1v) is 6.71. The molecule has 18 heavy (non-hydrogen) atoms. The molecule has 2 atom stereocenters. The lowest BCUT2D eigenvalue weighted by Gasteiger charge is -2.23. The van der Waals surface area contributed by atoms with Gasteiger partial charge >= 0.3 is 5.97 Å². The fraction of sp³-hybridized carbons (Fsp3) is 0.500. The zero-order chi connectivity index (χ0) is 13.1. The molecule has 1 aromatic heterocycles. The SMILES string of the molecule is O=C(O)C(CO)NC(=O)C1CCCc2sccc21. The molecule has 1 aliphatic rings. The summed E-state index contributed by atoms with van der Waals surface area (Å²) in [4.78, 5) is 24.0. The molecule has 1 aliphatic carbocycles. The minimum absolute atomic E-state index is 0.284. The van der Waals surface area contributed by atoms with Crippen molar-refractivity contribution in [2.45, 2.75) is 31.2 Å². The van der Waals surface area contributed by atoms with E-state index in [4.69, 9.17) is 10.2 Å². The molecule has 1 heterocycles. The molecule has 0 aliphatic heterocycles. The monoisotopic (exact) mass is 269 g/mol. The molecule has 6 heteroatoms. The number of aliphatic hydroxyl groups is 1. The van der Waals surface area contributed by atoms with E-state index in [0.29, 0.717) is 0 Å². The number of aryl methyl sites for hydroxylation is 1. The highest BCUT2D eigenvalue weighted by atomic mass is 32.1. The van der Waals surface area contributed by atoms with Crippen LogP contribution in [0.1, 0.15) is 29.2 Å². The predicted octanol–water partition coefficient (Wildman–Crippen LogP) is 0.730. The van der Waals surface area contributed by atoms with E-state index in [0.717, 1.165) is 24.8 Å². The first kappa shape index (κ1) is 13.0. The number of nitrogens with one attached hydrogen (secondary N) is 1. The van der Waals surface area contributed by atoms with E-state index in [1.54, 1.807) is 11.3 Å². The lowest BCUT2D eigenvalue weighted by molar-refractivity contribution is -0.143. The van der Waals surface area contributed by atoms with E-state index in [2.05, 4.69) is 5.32 Å². The molecule has 0 bridgehead atoms. The van der Waals surface area contributed by atoms with E-state index in [-0.39, 0.29) is 11.8 Å². The molecule has 0 saturated heterocycles. The van der Waals surface area contributed by atoms with Crippen LogP contribution in [0, 0.1) is 0 Å². The van der Waals surface area contributed by atoms with E-state index in [9.17, 15) is 9.59 Å². The minimum Gasteiger partial charge on any atom is -0.480 e. The summed E-state index contributed by atoms with van der Waals surface area (Å²) in [6.07, 6.45) is 2.65. The summed E-state index contributed by atoms with van der Waals surface area (Å²) < 4.78 is 0. The predicted molar refractivity (Wildman–Crippen MR) is 66.7 cm³/mol. The number of carboxylic acids is 1. The number of hydrogen-bond acceptors (Lipinski definition) is 4. The number of carbonyl (C=O) groups excluding carboxylic acids is 1. The molecule has 3 N–H and O–H groups in total. The molecule has 2 rings (SSSR count). The van der Waals surface area contributed by atoms with E-state index >= 15 is 0 Å². The van der Waals surface area contributed by atoms with Crippen LogP contribution in [0.25, 0.3) is 0 Å². The Labute approximate surface area is 108 Å². The Hall–Kier alpha value is -1.40. The Morgan fingerprint density at radius 3 is 3.00 bits per heavy atom. The fourth-order valence-electron chi connectivity index (χ4n) is 2.22. The summed E-state index contributed by atoms with van der Waals surface area (Å²) in [6.45, 7) is -0.593. The van der Waals surface area contributed by atoms with E-state index in [1.165, 1.54) is 4.88 Å². The normalized spacial score (nSPS) is 19.9. The number of carboxylic acid groups (broad SMARTS) is 1. The average Bonchev–Trinajstić information content (AvgIpc) is 2.82. The molecular weight excluding hydrogens is 254 g/mol. The van der Waals surface area contributed by atoms with Crippen LogP contribution in [0.2, 0.25) is 0 Å². The van der Waals surface area contributed by atoms with Crippen molar-refractivity contribution in [2.24, 2.45) is 0 Å². The van der Waals surface area contributed by atoms with Crippen LogP contribution in [0.15, 0.2) is 11.4 Å². The Kier molecular flexibility index (Phi) is 3.98. The second-order valence-corrected chi connectivity index (χ2v) is 5.33. The van der Waals surface area contributed by atoms with Gasteiger partial charge in [0.1, 0.15) is 6.04 Å². The zero-order valence-corrected chi connectivity index (χ0v) is 10.6. The highest BCUT2D eigenvalue weighted by Gasteiger charge is 2.29. The van der Waals surface area contributed by atoms with E-state index < -0.39 is 18.6 Å². The zero-order valence-electron chi connectivity index (χ0n) is 9.76. The second-order valence-electron chi connectivity index (χ2n) is 4.33. The van der Waals surface area contributed by atoms with Gasteiger partial charge in [0.2, 0.25) is 5.91 Å². The van der Waals surface area contributed by atoms with Crippen molar-refractivity contribution in [1.29, 1.82) is 0 Å². The average molecular weight is 269 g/mol. The van der Waals surface area contributed by atoms with Crippen molar-refractivity contribution in [3.63, 3.8) is 0 Å². The Morgan fingerprint density at radius 2 is 2.33 bits per heavy atom. The van der Waals surface area contributed by atoms with Gasteiger partial charge in [-0.2, -0.15) is 0 Å². The van der Waals surface area contributed by atoms with Crippen molar-refractivity contribution >= 4 is 23.2 Å². The van der Waals surface area contributed by atoms with Gasteiger partial charge < -0.3 is 15.5 Å². The second kappa shape index (κ2) is 5.49. The third-order valence-electron chi connectivity index (χ3n) is 3.17. The summed E-state index contributed by atoms with van der Waals surface area (Å²) in [5.74, 6) is -1.81. The Morgan fingerprint density at radius 1 is 1.56 bits per heavy atom. The number of amides is 1. The molecule has 5 nitrogen and oxygen atoms in total. The van der Waals surface area contributed by atoms with Crippen LogP contribution in [-0.2, 0) is 16.0 Å². The highest BCUT2D eigenvalue weighted by molar-refractivity contribution is 7.10. The molecule has 0 saturated carbocycles. The van der Waals surface area contributed by atoms with Gasteiger partial charge in [0, 0.05) is 4.88 Å². The Balaban J connectivity index is 2.09. The number of aliphatic carboxylic acids is 1. The van der Waals surface area contributed by atoms with Crippen molar-refractivity contribution < 1.29 is 19.8 Å². The van der Waals surface area contributed by atoms with Gasteiger partial charge in [0.15, 0.2) is 0 Å². The van der Waals surface area contributed by atoms with Crippen LogP contribution in [0.4, 0.5) is 0 Å². The van der Waals surface area contributed by atoms with Crippen LogP contribution in [-0.4, -0.2) is 34.7 Å². The van der Waals surface area contributed by atoms with Gasteiger partial charge in [-0.05, 0) is 36.3 Å². The summed E-state index contributed by atoms with van der Waals surface area (Å²) >= 11 is 1.63. The molecule has 1 amide bonds. The molecule has 1 aromatic rings. The molecule has 2 unspecified atom stereocenters. The number of aliphatic hydroxyl groups excluding tert-OH is 1. The fourth-order valence-corrected chi connectivity index (χ4v) is 3.20. The summed E-state index contributed by atoms with van der Waals surface area (Å²) in [5.41, 5.74) is 1.01. The molecule has 0 aromatic carbocycles. The number of rotatable bonds is 4. The van der Waals surface area contributed by atoms with Gasteiger partial charge in [0.05, 0.1) is 12.5 Å². The quantitative estimate of drug-likeness (QED) is 0.752. The van der Waals surface area contributed by atoms with Crippen LogP contribution in [0.3, 0.4) is 0 Å². The van der Waals surface area contributed by atoms with Crippen molar-refractivity contribution in [3.8, 4) is 0 Å². The lowest BCUT2D eigenvalue weighted by Crippen LogP contribution is -2.45. The summed E-state index contributed by atoms with van der Waals surface area (Å²) in [7, 11) is 0. The smallest absolute Gasteiger partial charge is 0.328 e. The van der Waals surface area contributed by atoms with Gasteiger partial charge in [-0.3, -0.25) is 4.79 Å². The van der Waals surface area contributed by atoms with Gasteiger partial charge in [-0.15, -0.1) is 11.3 Å². The summed E-state index contributed by atoms with van der Waals surface area (Å²) in [5, 5.41) is 22.0. The summed E-state index contributed by atoms with van der Waals surface area (Å²) in [6, 6.07) is 0.708. The molecule has 0 fully saturated rings.